The molecule has 2 aliphatic heterocycles. The van der Waals surface area contributed by atoms with Crippen molar-refractivity contribution >= 4 is 51.6 Å². The number of hydrogen-bond donors (Lipinski definition) is 3. The summed E-state index contributed by atoms with van der Waals surface area (Å²) in [6, 6.07) is 17.1. The van der Waals surface area contributed by atoms with Gasteiger partial charge < -0.3 is 35.1 Å². The molecule has 3 aromatic heterocycles. The molecule has 9 rings (SSSR count). The van der Waals surface area contributed by atoms with Crippen LogP contribution in [0.3, 0.4) is 0 Å². The third-order valence-corrected chi connectivity index (χ3v) is 13.8. The van der Waals surface area contributed by atoms with Crippen LogP contribution in [0.5, 0.6) is 11.5 Å². The molecule has 17 heteroatoms. The Hall–Kier alpha value is -6.70. The number of halogens is 1. The van der Waals surface area contributed by atoms with Crippen LogP contribution in [0.15, 0.2) is 73.3 Å². The Morgan fingerprint density at radius 1 is 0.970 bits per heavy atom. The number of fused-ring (bicyclic) bond motifs is 2. The number of aryl methyl sites for hydroxylation is 2. The van der Waals surface area contributed by atoms with Crippen LogP contribution in [-0.4, -0.2) is 92.4 Å². The molecular weight excluding hydrogens is 870 g/mol. The van der Waals surface area contributed by atoms with Crippen LogP contribution >= 0.6 is 11.6 Å². The smallest absolute Gasteiger partial charge is 0.254 e. The number of nitrogens with one attached hydrogen (secondary N) is 3. The first-order chi connectivity index (χ1) is 32.1. The molecule has 348 valence electrons. The third kappa shape index (κ3) is 9.10. The van der Waals surface area contributed by atoms with E-state index in [0.29, 0.717) is 71.4 Å². The molecule has 3 N–H and O–H groups in total. The van der Waals surface area contributed by atoms with Gasteiger partial charge in [0.25, 0.3) is 5.91 Å². The summed E-state index contributed by atoms with van der Waals surface area (Å²) in [7, 11) is 3.83. The van der Waals surface area contributed by atoms with Gasteiger partial charge >= 0.3 is 0 Å². The quantitative estimate of drug-likeness (QED) is 0.0949. The van der Waals surface area contributed by atoms with Crippen LogP contribution in [0, 0.1) is 28.1 Å². The zero-order chi connectivity index (χ0) is 47.2. The Balaban J connectivity index is 0.768. The molecule has 0 spiro atoms. The first-order valence-corrected chi connectivity index (χ1v) is 23.1. The van der Waals surface area contributed by atoms with E-state index >= 15 is 0 Å². The molecule has 0 radical (unpaired) electrons. The topological polar surface area (TPSA) is 186 Å². The van der Waals surface area contributed by atoms with Gasteiger partial charge in [0, 0.05) is 110 Å². The lowest BCUT2D eigenvalue weighted by molar-refractivity contribution is -0.164. The molecule has 3 aliphatic rings. The Morgan fingerprint density at radius 3 is 2.43 bits per heavy atom. The largest absolute Gasteiger partial charge is 0.491 e. The standard InChI is InChI=1S/C50H56ClN11O5/c1-29-18-42(63)57-40-22-36(20-37(44(40)56-29)31-9-11-41-38(19-31)43(59-61(41)7)34-26-55-60(6)27-34)66-17-16-65-28-30-12-14-62(15-13-30)48-53-24-33(25-54-48)45(64)58-46-49(2,3)47(50(46,4)5)67-35-10-8-32(23-52)39(51)21-35/h8-11,19-22,24-27,29-30,46-47,56H,12-18,28H2,1-7H3,(H,57,63)(H,58,64). The second-order valence-electron chi connectivity index (χ2n) is 19.2. The summed E-state index contributed by atoms with van der Waals surface area (Å²) in [6.07, 6.45) is 8.93. The van der Waals surface area contributed by atoms with Crippen LogP contribution in [-0.2, 0) is 23.6 Å². The summed E-state index contributed by atoms with van der Waals surface area (Å²) in [4.78, 5) is 37.7. The fraction of sp³-hybridized carbons (Fsp3) is 0.420. The molecule has 67 heavy (non-hydrogen) atoms. The minimum Gasteiger partial charge on any atom is -0.491 e. The maximum atomic E-state index is 13.5. The molecule has 2 fully saturated rings. The average Bonchev–Trinajstić information content (AvgIpc) is 3.84. The van der Waals surface area contributed by atoms with Gasteiger partial charge in [-0.2, -0.15) is 15.5 Å². The predicted molar refractivity (Wildman–Crippen MR) is 257 cm³/mol. The number of hydrogen-bond acceptors (Lipinski definition) is 12. The number of benzene rings is 3. The average molecular weight is 927 g/mol. The fourth-order valence-corrected chi connectivity index (χ4v) is 10.5. The maximum Gasteiger partial charge on any atom is 0.254 e. The summed E-state index contributed by atoms with van der Waals surface area (Å²) >= 11 is 6.26. The summed E-state index contributed by atoms with van der Waals surface area (Å²) in [6.45, 7) is 13.2. The van der Waals surface area contributed by atoms with E-state index in [0.717, 1.165) is 64.9 Å². The number of carbonyl (C=O) groups is 2. The maximum absolute atomic E-state index is 13.5. The van der Waals surface area contributed by atoms with E-state index in [1.165, 1.54) is 0 Å². The van der Waals surface area contributed by atoms with Crippen LogP contribution in [0.25, 0.3) is 33.3 Å². The zero-order valence-electron chi connectivity index (χ0n) is 38.9. The third-order valence-electron chi connectivity index (χ3n) is 13.5. The van der Waals surface area contributed by atoms with E-state index in [-0.39, 0.29) is 30.0 Å². The van der Waals surface area contributed by atoms with Gasteiger partial charge in [0.2, 0.25) is 11.9 Å². The molecule has 3 aromatic carbocycles. The van der Waals surface area contributed by atoms with E-state index in [2.05, 4.69) is 87.9 Å². The first kappa shape index (κ1) is 45.5. The molecule has 1 saturated carbocycles. The van der Waals surface area contributed by atoms with Crippen molar-refractivity contribution in [3.05, 3.63) is 89.5 Å². The van der Waals surface area contributed by atoms with E-state index in [9.17, 15) is 14.9 Å². The van der Waals surface area contributed by atoms with Crippen molar-refractivity contribution in [2.24, 2.45) is 30.8 Å². The molecule has 16 nitrogen and oxygen atoms in total. The zero-order valence-corrected chi connectivity index (χ0v) is 39.6. The minimum absolute atomic E-state index is 0.0582. The van der Waals surface area contributed by atoms with E-state index in [1.807, 2.05) is 50.2 Å². The van der Waals surface area contributed by atoms with Crippen molar-refractivity contribution in [1.29, 1.82) is 5.26 Å². The van der Waals surface area contributed by atoms with Crippen molar-refractivity contribution < 1.29 is 23.8 Å². The molecule has 6 aromatic rings. The van der Waals surface area contributed by atoms with Gasteiger partial charge in [-0.05, 0) is 61.6 Å². The Bertz CT molecular complexity index is 2860. The van der Waals surface area contributed by atoms with Gasteiger partial charge in [-0.25, -0.2) is 9.97 Å². The molecular formula is C50H56ClN11O5. The number of carbonyl (C=O) groups excluding carboxylic acids is 2. The molecule has 1 aliphatic carbocycles. The molecule has 1 saturated heterocycles. The van der Waals surface area contributed by atoms with Gasteiger partial charge in [-0.15, -0.1) is 0 Å². The van der Waals surface area contributed by atoms with E-state index < -0.39 is 10.8 Å². The van der Waals surface area contributed by atoms with Gasteiger partial charge in [0.1, 0.15) is 36.0 Å². The number of anilines is 3. The van der Waals surface area contributed by atoms with Crippen molar-refractivity contribution in [3.63, 3.8) is 0 Å². The highest BCUT2D eigenvalue weighted by molar-refractivity contribution is 6.31. The summed E-state index contributed by atoms with van der Waals surface area (Å²) in [5.41, 5.74) is 6.16. The second-order valence-corrected chi connectivity index (χ2v) is 19.6. The van der Waals surface area contributed by atoms with Crippen molar-refractivity contribution in [2.75, 3.05) is 48.4 Å². The lowest BCUT2D eigenvalue weighted by atomic mass is 9.49. The number of nitrogens with zero attached hydrogens (tertiary/aromatic N) is 8. The molecule has 2 amide bonds. The number of nitriles is 1. The van der Waals surface area contributed by atoms with Crippen LogP contribution in [0.1, 0.15) is 69.8 Å². The van der Waals surface area contributed by atoms with Crippen molar-refractivity contribution in [2.45, 2.75) is 72.1 Å². The highest BCUT2D eigenvalue weighted by Crippen LogP contribution is 2.55. The van der Waals surface area contributed by atoms with Crippen LogP contribution in [0.2, 0.25) is 5.02 Å². The SMILES string of the molecule is CC1CC(=O)Nc2cc(OCCOCC3CCN(c4ncc(C(=O)NC5C(C)(C)C(Oc6ccc(C#N)c(Cl)c6)C5(C)C)cn4)CC3)cc(-c3ccc4c(c3)c(-c3cnn(C)c3)nn4C)c2N1. The number of ether oxygens (including phenoxy) is 3. The van der Waals surface area contributed by atoms with Crippen LogP contribution < -0.4 is 30.3 Å². The molecule has 0 bridgehead atoms. The van der Waals surface area contributed by atoms with Gasteiger partial charge in [0.15, 0.2) is 0 Å². The summed E-state index contributed by atoms with van der Waals surface area (Å²) in [5.74, 6) is 1.88. The number of rotatable bonds is 13. The van der Waals surface area contributed by atoms with Gasteiger partial charge in [0.05, 0.1) is 45.8 Å². The lowest BCUT2D eigenvalue weighted by Crippen LogP contribution is -2.74. The highest BCUT2D eigenvalue weighted by atomic mass is 35.5. The summed E-state index contributed by atoms with van der Waals surface area (Å²) < 4.78 is 22.5. The predicted octanol–water partition coefficient (Wildman–Crippen LogP) is 8.02. The minimum atomic E-state index is -0.395. The Labute approximate surface area is 395 Å². The summed E-state index contributed by atoms with van der Waals surface area (Å²) in [5, 5.41) is 29.6. The normalized spacial score (nSPS) is 19.9. The van der Waals surface area contributed by atoms with Crippen molar-refractivity contribution in [3.8, 4) is 40.0 Å². The van der Waals surface area contributed by atoms with Crippen molar-refractivity contribution in [1.82, 2.24) is 34.8 Å². The lowest BCUT2D eigenvalue weighted by Gasteiger charge is -2.63. The van der Waals surface area contributed by atoms with Crippen LogP contribution in [0.4, 0.5) is 17.3 Å². The monoisotopic (exact) mass is 925 g/mol. The molecule has 5 heterocycles. The Kier molecular flexibility index (Phi) is 12.3. The Morgan fingerprint density at radius 2 is 1.73 bits per heavy atom. The number of aromatic nitrogens is 6. The second kappa shape index (κ2) is 18.2. The molecule has 1 atom stereocenters. The fourth-order valence-electron chi connectivity index (χ4n) is 10.3. The first-order valence-electron chi connectivity index (χ1n) is 22.7. The van der Waals surface area contributed by atoms with Gasteiger partial charge in [-0.1, -0.05) is 45.4 Å². The number of amides is 2. The number of piperidine rings is 1. The molecule has 1 unspecified atom stereocenters. The van der Waals surface area contributed by atoms with E-state index in [1.54, 1.807) is 35.3 Å². The highest BCUT2D eigenvalue weighted by Gasteiger charge is 2.64. The van der Waals surface area contributed by atoms with E-state index in [4.69, 9.17) is 30.9 Å². The van der Waals surface area contributed by atoms with Gasteiger partial charge in [-0.3, -0.25) is 19.0 Å².